The second kappa shape index (κ2) is 9.70. The van der Waals surface area contributed by atoms with Crippen LogP contribution in [0.3, 0.4) is 0 Å². The lowest BCUT2D eigenvalue weighted by Crippen LogP contribution is -2.41. The van der Waals surface area contributed by atoms with E-state index < -0.39 is 0 Å². The van der Waals surface area contributed by atoms with Crippen molar-refractivity contribution >= 4 is 0 Å². The predicted molar refractivity (Wildman–Crippen MR) is 77.6 cm³/mol. The monoisotopic (exact) mass is 273 g/mol. The predicted octanol–water partition coefficient (Wildman–Crippen LogP) is 2.22. The van der Waals surface area contributed by atoms with Gasteiger partial charge in [-0.25, -0.2) is 0 Å². The van der Waals surface area contributed by atoms with Crippen LogP contribution >= 0.6 is 0 Å². The van der Waals surface area contributed by atoms with Gasteiger partial charge in [-0.1, -0.05) is 13.3 Å². The first kappa shape index (κ1) is 16.9. The molecule has 4 nitrogen and oxygen atoms in total. The van der Waals surface area contributed by atoms with Crippen molar-refractivity contribution in [2.75, 3.05) is 46.6 Å². The molecule has 19 heavy (non-hydrogen) atoms. The summed E-state index contributed by atoms with van der Waals surface area (Å²) in [5.74, 6) is 0. The van der Waals surface area contributed by atoms with E-state index in [4.69, 9.17) is 14.2 Å². The highest BCUT2D eigenvalue weighted by Crippen LogP contribution is 2.37. The zero-order valence-electron chi connectivity index (χ0n) is 12.9. The lowest BCUT2D eigenvalue weighted by atomic mass is 9.78. The molecule has 2 unspecified atom stereocenters. The van der Waals surface area contributed by atoms with Crippen LogP contribution in [-0.4, -0.2) is 52.7 Å². The van der Waals surface area contributed by atoms with Crippen LogP contribution in [0.25, 0.3) is 0 Å². The third-order valence-electron chi connectivity index (χ3n) is 4.18. The van der Waals surface area contributed by atoms with Crippen LogP contribution in [0.5, 0.6) is 0 Å². The molecule has 0 saturated carbocycles. The van der Waals surface area contributed by atoms with Crippen LogP contribution in [0.4, 0.5) is 0 Å². The first-order valence-electron chi connectivity index (χ1n) is 7.64. The SMILES string of the molecule is CCCCOCCC1(CNCCOC)CCOC1C. The van der Waals surface area contributed by atoms with E-state index in [9.17, 15) is 0 Å². The van der Waals surface area contributed by atoms with Crippen molar-refractivity contribution < 1.29 is 14.2 Å². The van der Waals surface area contributed by atoms with E-state index in [-0.39, 0.29) is 5.41 Å². The van der Waals surface area contributed by atoms with E-state index in [1.165, 1.54) is 6.42 Å². The lowest BCUT2D eigenvalue weighted by molar-refractivity contribution is 0.0318. The van der Waals surface area contributed by atoms with Gasteiger partial charge in [0.25, 0.3) is 0 Å². The Hall–Kier alpha value is -0.160. The molecule has 0 amide bonds. The van der Waals surface area contributed by atoms with Gasteiger partial charge in [0.05, 0.1) is 12.7 Å². The largest absolute Gasteiger partial charge is 0.383 e. The van der Waals surface area contributed by atoms with Gasteiger partial charge in [0, 0.05) is 45.4 Å². The van der Waals surface area contributed by atoms with Crippen molar-refractivity contribution in [3.05, 3.63) is 0 Å². The molecule has 0 aromatic carbocycles. The number of nitrogens with one attached hydrogen (secondary N) is 1. The Morgan fingerprint density at radius 2 is 2.16 bits per heavy atom. The first-order valence-corrected chi connectivity index (χ1v) is 7.64. The van der Waals surface area contributed by atoms with Gasteiger partial charge < -0.3 is 19.5 Å². The topological polar surface area (TPSA) is 39.7 Å². The molecule has 1 rings (SSSR count). The molecule has 0 aromatic heterocycles. The summed E-state index contributed by atoms with van der Waals surface area (Å²) in [6.07, 6.45) is 4.88. The fourth-order valence-electron chi connectivity index (χ4n) is 2.60. The number of hydrogen-bond donors (Lipinski definition) is 1. The Kier molecular flexibility index (Phi) is 8.62. The minimum Gasteiger partial charge on any atom is -0.383 e. The quantitative estimate of drug-likeness (QED) is 0.586. The zero-order chi connectivity index (χ0) is 14.0. The van der Waals surface area contributed by atoms with Gasteiger partial charge in [0.1, 0.15) is 0 Å². The third kappa shape index (κ3) is 5.78. The summed E-state index contributed by atoms with van der Waals surface area (Å²) in [6.45, 7) is 9.66. The summed E-state index contributed by atoms with van der Waals surface area (Å²) in [4.78, 5) is 0. The molecule has 1 saturated heterocycles. The lowest BCUT2D eigenvalue weighted by Gasteiger charge is -2.32. The van der Waals surface area contributed by atoms with Crippen LogP contribution in [-0.2, 0) is 14.2 Å². The maximum atomic E-state index is 5.78. The Morgan fingerprint density at radius 3 is 2.79 bits per heavy atom. The second-order valence-corrected chi connectivity index (χ2v) is 5.51. The van der Waals surface area contributed by atoms with E-state index >= 15 is 0 Å². The van der Waals surface area contributed by atoms with Gasteiger partial charge in [0.2, 0.25) is 0 Å². The van der Waals surface area contributed by atoms with Crippen molar-refractivity contribution in [1.29, 1.82) is 0 Å². The van der Waals surface area contributed by atoms with Gasteiger partial charge in [-0.15, -0.1) is 0 Å². The van der Waals surface area contributed by atoms with Gasteiger partial charge >= 0.3 is 0 Å². The smallest absolute Gasteiger partial charge is 0.0617 e. The van der Waals surface area contributed by atoms with Crippen LogP contribution in [0, 0.1) is 5.41 Å². The minimum atomic E-state index is 0.236. The highest BCUT2D eigenvalue weighted by Gasteiger charge is 2.40. The normalized spacial score (nSPS) is 27.0. The minimum absolute atomic E-state index is 0.236. The van der Waals surface area contributed by atoms with Crippen LogP contribution in [0.2, 0.25) is 0 Å². The van der Waals surface area contributed by atoms with Crippen LogP contribution < -0.4 is 5.32 Å². The molecule has 2 atom stereocenters. The second-order valence-electron chi connectivity index (χ2n) is 5.51. The fraction of sp³-hybridized carbons (Fsp3) is 1.00. The van der Waals surface area contributed by atoms with Crippen molar-refractivity contribution in [2.24, 2.45) is 5.41 Å². The fourth-order valence-corrected chi connectivity index (χ4v) is 2.60. The first-order chi connectivity index (χ1) is 9.25. The van der Waals surface area contributed by atoms with Crippen molar-refractivity contribution in [3.8, 4) is 0 Å². The van der Waals surface area contributed by atoms with Crippen LogP contribution in [0.15, 0.2) is 0 Å². The van der Waals surface area contributed by atoms with Crippen molar-refractivity contribution in [1.82, 2.24) is 5.32 Å². The highest BCUT2D eigenvalue weighted by atomic mass is 16.5. The summed E-state index contributed by atoms with van der Waals surface area (Å²) in [5, 5.41) is 3.49. The average Bonchev–Trinajstić information content (AvgIpc) is 2.77. The van der Waals surface area contributed by atoms with Gasteiger partial charge in [-0.3, -0.25) is 0 Å². The van der Waals surface area contributed by atoms with Crippen molar-refractivity contribution in [3.63, 3.8) is 0 Å². The Labute approximate surface area is 118 Å². The molecule has 0 aliphatic carbocycles. The number of ether oxygens (including phenoxy) is 3. The maximum absolute atomic E-state index is 5.78. The summed E-state index contributed by atoms with van der Waals surface area (Å²) in [6, 6.07) is 0. The number of hydrogen-bond acceptors (Lipinski definition) is 4. The summed E-state index contributed by atoms with van der Waals surface area (Å²) >= 11 is 0. The zero-order valence-corrected chi connectivity index (χ0v) is 12.9. The molecular formula is C15H31NO3. The summed E-state index contributed by atoms with van der Waals surface area (Å²) in [5.41, 5.74) is 0.236. The van der Waals surface area contributed by atoms with Gasteiger partial charge in [-0.05, 0) is 26.2 Å². The van der Waals surface area contributed by atoms with Crippen molar-refractivity contribution in [2.45, 2.75) is 45.6 Å². The molecular weight excluding hydrogens is 242 g/mol. The number of methoxy groups -OCH3 is 1. The van der Waals surface area contributed by atoms with E-state index in [0.717, 1.165) is 58.8 Å². The molecule has 0 spiro atoms. The summed E-state index contributed by atoms with van der Waals surface area (Å²) in [7, 11) is 1.74. The van der Waals surface area contributed by atoms with E-state index in [2.05, 4.69) is 19.2 Å². The Bertz CT molecular complexity index is 225. The molecule has 0 aromatic rings. The number of rotatable bonds is 11. The molecule has 1 aliphatic rings. The maximum Gasteiger partial charge on any atom is 0.0617 e. The molecule has 1 heterocycles. The third-order valence-corrected chi connectivity index (χ3v) is 4.18. The molecule has 4 heteroatoms. The molecule has 1 N–H and O–H groups in total. The average molecular weight is 273 g/mol. The molecule has 114 valence electrons. The Morgan fingerprint density at radius 1 is 1.32 bits per heavy atom. The van der Waals surface area contributed by atoms with E-state index in [1.54, 1.807) is 7.11 Å². The molecule has 0 radical (unpaired) electrons. The molecule has 1 aliphatic heterocycles. The van der Waals surface area contributed by atoms with E-state index in [1.807, 2.05) is 0 Å². The molecule has 0 bridgehead atoms. The van der Waals surface area contributed by atoms with Gasteiger partial charge in [0.15, 0.2) is 0 Å². The van der Waals surface area contributed by atoms with E-state index in [0.29, 0.717) is 6.10 Å². The number of unbranched alkanes of at least 4 members (excludes halogenated alkanes) is 1. The van der Waals surface area contributed by atoms with Crippen LogP contribution in [0.1, 0.15) is 39.5 Å². The molecule has 1 fully saturated rings. The van der Waals surface area contributed by atoms with Gasteiger partial charge in [-0.2, -0.15) is 0 Å². The standard InChI is InChI=1S/C15H31NO3/c1-4-5-9-18-10-6-15(7-11-19-14(15)2)13-16-8-12-17-3/h14,16H,4-13H2,1-3H3. The Balaban J connectivity index is 2.29. The summed E-state index contributed by atoms with van der Waals surface area (Å²) < 4.78 is 16.6. The highest BCUT2D eigenvalue weighted by molar-refractivity contribution is 4.91.